The number of halogens is 2. The molecule has 0 bridgehead atoms. The molecular formula is C13H18F2N2O. The Bertz CT molecular complexity index is 399. The Balaban J connectivity index is 2.08. The summed E-state index contributed by atoms with van der Waals surface area (Å²) in [6, 6.07) is 4.43. The van der Waals surface area contributed by atoms with E-state index in [2.05, 4.69) is 10.2 Å². The molecule has 0 spiro atoms. The molecule has 2 rings (SSSR count). The van der Waals surface area contributed by atoms with Gasteiger partial charge in [0.2, 0.25) is 0 Å². The van der Waals surface area contributed by atoms with Crippen LogP contribution in [0.25, 0.3) is 0 Å². The number of benzene rings is 1. The van der Waals surface area contributed by atoms with Gasteiger partial charge in [-0.05, 0) is 12.5 Å². The van der Waals surface area contributed by atoms with Gasteiger partial charge in [0.05, 0.1) is 0 Å². The van der Waals surface area contributed by atoms with Crippen molar-refractivity contribution >= 4 is 0 Å². The van der Waals surface area contributed by atoms with Crippen molar-refractivity contribution in [2.75, 3.05) is 26.2 Å². The zero-order valence-corrected chi connectivity index (χ0v) is 10.2. The van der Waals surface area contributed by atoms with Crippen molar-refractivity contribution in [3.05, 3.63) is 35.4 Å². The highest BCUT2D eigenvalue weighted by Crippen LogP contribution is 2.17. The lowest BCUT2D eigenvalue weighted by molar-refractivity contribution is 0.122. The molecule has 0 aliphatic carbocycles. The van der Waals surface area contributed by atoms with Crippen LogP contribution < -0.4 is 5.32 Å². The third-order valence-electron chi connectivity index (χ3n) is 3.34. The molecule has 1 aromatic carbocycles. The molecular weight excluding hydrogens is 238 g/mol. The first-order chi connectivity index (χ1) is 8.72. The molecule has 0 radical (unpaired) electrons. The van der Waals surface area contributed by atoms with E-state index in [-0.39, 0.29) is 12.6 Å². The number of aliphatic hydroxyl groups excluding tert-OH is 1. The lowest BCUT2D eigenvalue weighted by Gasteiger charge is -2.36. The van der Waals surface area contributed by atoms with Crippen molar-refractivity contribution < 1.29 is 13.9 Å². The molecule has 5 heteroatoms. The SMILES string of the molecule is OCC[C@H]1CNCCN1Cc1cccc(F)c1F. The zero-order chi connectivity index (χ0) is 13.0. The third-order valence-corrected chi connectivity index (χ3v) is 3.34. The van der Waals surface area contributed by atoms with Crippen LogP contribution in [0.3, 0.4) is 0 Å². The minimum absolute atomic E-state index is 0.106. The number of rotatable bonds is 4. The maximum atomic E-state index is 13.6. The Morgan fingerprint density at radius 2 is 2.22 bits per heavy atom. The summed E-state index contributed by atoms with van der Waals surface area (Å²) in [5.41, 5.74) is 0.375. The molecule has 2 N–H and O–H groups in total. The van der Waals surface area contributed by atoms with Gasteiger partial charge in [0.1, 0.15) is 0 Å². The first-order valence-corrected chi connectivity index (χ1v) is 6.21. The van der Waals surface area contributed by atoms with E-state index in [0.717, 1.165) is 25.7 Å². The van der Waals surface area contributed by atoms with Gasteiger partial charge in [-0.2, -0.15) is 0 Å². The van der Waals surface area contributed by atoms with E-state index in [4.69, 9.17) is 5.11 Å². The van der Waals surface area contributed by atoms with Crippen LogP contribution in [0.5, 0.6) is 0 Å². The van der Waals surface area contributed by atoms with Crippen LogP contribution in [-0.4, -0.2) is 42.3 Å². The highest BCUT2D eigenvalue weighted by molar-refractivity contribution is 5.19. The highest BCUT2D eigenvalue weighted by atomic mass is 19.2. The number of aliphatic hydroxyl groups is 1. The molecule has 1 saturated heterocycles. The second-order valence-electron chi connectivity index (χ2n) is 4.55. The molecule has 18 heavy (non-hydrogen) atoms. The molecule has 1 atom stereocenters. The average molecular weight is 256 g/mol. The van der Waals surface area contributed by atoms with Crippen molar-refractivity contribution in [3.8, 4) is 0 Å². The molecule has 1 heterocycles. The van der Waals surface area contributed by atoms with Crippen LogP contribution in [0.15, 0.2) is 18.2 Å². The predicted octanol–water partition coefficient (Wildman–Crippen LogP) is 1.12. The Morgan fingerprint density at radius 1 is 1.39 bits per heavy atom. The minimum Gasteiger partial charge on any atom is -0.396 e. The Morgan fingerprint density at radius 3 is 3.00 bits per heavy atom. The second-order valence-corrected chi connectivity index (χ2v) is 4.55. The van der Waals surface area contributed by atoms with E-state index in [9.17, 15) is 8.78 Å². The normalized spacial score (nSPS) is 21.2. The third kappa shape index (κ3) is 3.04. The van der Waals surface area contributed by atoms with E-state index in [1.54, 1.807) is 6.07 Å². The predicted molar refractivity (Wildman–Crippen MR) is 65.1 cm³/mol. The molecule has 0 amide bonds. The van der Waals surface area contributed by atoms with Gasteiger partial charge in [-0.1, -0.05) is 12.1 Å². The summed E-state index contributed by atoms with van der Waals surface area (Å²) < 4.78 is 26.7. The van der Waals surface area contributed by atoms with E-state index in [1.807, 2.05) is 0 Å². The maximum absolute atomic E-state index is 13.6. The molecule has 1 aliphatic heterocycles. The fourth-order valence-electron chi connectivity index (χ4n) is 2.33. The van der Waals surface area contributed by atoms with Crippen LogP contribution in [0.4, 0.5) is 8.78 Å². The monoisotopic (exact) mass is 256 g/mol. The summed E-state index contributed by atoms with van der Waals surface area (Å²) in [7, 11) is 0. The smallest absolute Gasteiger partial charge is 0.163 e. The number of piperazine rings is 1. The van der Waals surface area contributed by atoms with Gasteiger partial charge in [-0.15, -0.1) is 0 Å². The molecule has 0 saturated carbocycles. The van der Waals surface area contributed by atoms with Gasteiger partial charge in [0.15, 0.2) is 11.6 Å². The first kappa shape index (κ1) is 13.4. The van der Waals surface area contributed by atoms with Crippen molar-refractivity contribution in [3.63, 3.8) is 0 Å². The Labute approximate surface area is 105 Å². The summed E-state index contributed by atoms with van der Waals surface area (Å²) in [4.78, 5) is 2.09. The lowest BCUT2D eigenvalue weighted by atomic mass is 10.1. The largest absolute Gasteiger partial charge is 0.396 e. The minimum atomic E-state index is -0.804. The van der Waals surface area contributed by atoms with Gasteiger partial charge in [-0.3, -0.25) is 4.90 Å². The molecule has 1 aromatic rings. The van der Waals surface area contributed by atoms with Gasteiger partial charge in [0, 0.05) is 44.4 Å². The molecule has 0 aromatic heterocycles. The quantitative estimate of drug-likeness (QED) is 0.847. The van der Waals surface area contributed by atoms with E-state index < -0.39 is 11.6 Å². The summed E-state index contributed by atoms with van der Waals surface area (Å²) in [6.45, 7) is 2.88. The summed E-state index contributed by atoms with van der Waals surface area (Å²) in [6.07, 6.45) is 0.643. The number of nitrogens with one attached hydrogen (secondary N) is 1. The molecule has 0 unspecified atom stereocenters. The van der Waals surface area contributed by atoms with Gasteiger partial charge >= 0.3 is 0 Å². The number of hydrogen-bond donors (Lipinski definition) is 2. The van der Waals surface area contributed by atoms with E-state index in [1.165, 1.54) is 6.07 Å². The number of hydrogen-bond acceptors (Lipinski definition) is 3. The molecule has 1 fully saturated rings. The standard InChI is InChI=1S/C13H18F2N2O/c14-12-3-1-2-10(13(12)15)9-17-6-5-16-8-11(17)4-7-18/h1-3,11,16,18H,4-9H2/t11-/m0/s1. The van der Waals surface area contributed by atoms with Crippen LogP contribution >= 0.6 is 0 Å². The van der Waals surface area contributed by atoms with Crippen molar-refractivity contribution in [1.29, 1.82) is 0 Å². The second kappa shape index (κ2) is 6.22. The van der Waals surface area contributed by atoms with E-state index >= 15 is 0 Å². The van der Waals surface area contributed by atoms with Gasteiger partial charge in [-0.25, -0.2) is 8.78 Å². The summed E-state index contributed by atoms with van der Waals surface area (Å²) in [5.74, 6) is -1.57. The van der Waals surface area contributed by atoms with Crippen LogP contribution in [0.2, 0.25) is 0 Å². The Kier molecular flexibility index (Phi) is 4.63. The van der Waals surface area contributed by atoms with Crippen LogP contribution in [0.1, 0.15) is 12.0 Å². The molecule has 1 aliphatic rings. The van der Waals surface area contributed by atoms with Crippen LogP contribution in [0, 0.1) is 11.6 Å². The fourth-order valence-corrected chi connectivity index (χ4v) is 2.33. The summed E-state index contributed by atoms with van der Waals surface area (Å²) >= 11 is 0. The molecule has 3 nitrogen and oxygen atoms in total. The average Bonchev–Trinajstić information content (AvgIpc) is 2.37. The van der Waals surface area contributed by atoms with Gasteiger partial charge < -0.3 is 10.4 Å². The lowest BCUT2D eigenvalue weighted by Crippen LogP contribution is -2.51. The van der Waals surface area contributed by atoms with Crippen molar-refractivity contribution in [1.82, 2.24) is 10.2 Å². The highest BCUT2D eigenvalue weighted by Gasteiger charge is 2.23. The Hall–Kier alpha value is -1.04. The van der Waals surface area contributed by atoms with Crippen molar-refractivity contribution in [2.24, 2.45) is 0 Å². The topological polar surface area (TPSA) is 35.5 Å². The summed E-state index contributed by atoms with van der Waals surface area (Å²) in [5, 5.41) is 12.3. The number of nitrogens with zero attached hydrogens (tertiary/aromatic N) is 1. The van der Waals surface area contributed by atoms with Gasteiger partial charge in [0.25, 0.3) is 0 Å². The van der Waals surface area contributed by atoms with Crippen LogP contribution in [-0.2, 0) is 6.54 Å². The first-order valence-electron chi connectivity index (χ1n) is 6.21. The zero-order valence-electron chi connectivity index (χ0n) is 10.2. The van der Waals surface area contributed by atoms with Crippen molar-refractivity contribution in [2.45, 2.75) is 19.0 Å². The maximum Gasteiger partial charge on any atom is 0.163 e. The van der Waals surface area contributed by atoms with E-state index in [0.29, 0.717) is 18.5 Å². The molecule has 100 valence electrons. The fraction of sp³-hybridized carbons (Fsp3) is 0.538.